The van der Waals surface area contributed by atoms with E-state index in [1.165, 1.54) is 14.1 Å². The predicted octanol–water partition coefficient (Wildman–Crippen LogP) is -3.01. The van der Waals surface area contributed by atoms with Crippen LogP contribution in [0, 0.1) is 21.4 Å². The van der Waals surface area contributed by atoms with Crippen molar-refractivity contribution in [2.75, 3.05) is 77.3 Å². The molecule has 6 unspecified atom stereocenters. The summed E-state index contributed by atoms with van der Waals surface area (Å²) >= 11 is 10.2. The van der Waals surface area contributed by atoms with Crippen molar-refractivity contribution in [1.82, 2.24) is 20.4 Å². The highest BCUT2D eigenvalue weighted by molar-refractivity contribution is 14.1. The molecule has 358 valence electrons. The van der Waals surface area contributed by atoms with Crippen molar-refractivity contribution in [3.8, 4) is 0 Å². The van der Waals surface area contributed by atoms with Gasteiger partial charge in [-0.05, 0) is 136 Å². The molecule has 0 radical (unpaired) electrons. The molecule has 0 bridgehead atoms. The fourth-order valence-corrected chi connectivity index (χ4v) is 14.0. The first-order valence-corrected chi connectivity index (χ1v) is 24.6. The van der Waals surface area contributed by atoms with Gasteiger partial charge >= 0.3 is 0 Å². The van der Waals surface area contributed by atoms with E-state index in [9.17, 15) is 84.9 Å². The van der Waals surface area contributed by atoms with Gasteiger partial charge in [0, 0.05) is 47.4 Å². The maximum Gasteiger partial charge on any atom is 0.256 e. The summed E-state index contributed by atoms with van der Waals surface area (Å²) in [5.74, 6) is -5.73. The van der Waals surface area contributed by atoms with Gasteiger partial charge in [0.1, 0.15) is 12.2 Å². The Hall–Kier alpha value is -0.800. The van der Waals surface area contributed by atoms with Gasteiger partial charge in [0.15, 0.2) is 12.2 Å². The average molecular weight is 1580 g/mol. The summed E-state index contributed by atoms with van der Waals surface area (Å²) in [6, 6.07) is 0. The van der Waals surface area contributed by atoms with Crippen LogP contribution in [0.15, 0.2) is 0 Å². The third-order valence-corrected chi connectivity index (χ3v) is 15.2. The number of hydrogen-bond acceptors (Lipinski definition) is 17. The number of rotatable bonds is 22. The standard InChI is InChI=1S/C35H44I6N6O17/c1-46(5-12(53)7-48)34(63)18-20(36)16(22(38)26(24(18)40)44-32(61)28(57)14(55)9-50)30(59)42-3-11(52)4-43-31(60)17-21(37)19(35(64)47(2)6-13(54)8-49)25(41)27(23(17)39)45-33(62)29(58)15(56)10-51/h11-15,28-29,48-58H,3-10H2,1-2H3,(H,42,59)(H,43,60)(H,44,61)(H,45,62). The molecule has 0 aliphatic heterocycles. The van der Waals surface area contributed by atoms with Gasteiger partial charge in [0.2, 0.25) is 0 Å². The van der Waals surface area contributed by atoms with E-state index >= 15 is 0 Å². The van der Waals surface area contributed by atoms with E-state index in [0.29, 0.717) is 0 Å². The second-order valence-electron chi connectivity index (χ2n) is 13.6. The topological polar surface area (TPSA) is 380 Å². The van der Waals surface area contributed by atoms with Gasteiger partial charge in [-0.25, -0.2) is 0 Å². The van der Waals surface area contributed by atoms with Crippen LogP contribution in [0.3, 0.4) is 0 Å². The molecule has 23 nitrogen and oxygen atoms in total. The molecule has 29 heteroatoms. The summed E-state index contributed by atoms with van der Waals surface area (Å²) in [6.45, 7) is -5.07. The van der Waals surface area contributed by atoms with Crippen molar-refractivity contribution < 1.29 is 84.9 Å². The summed E-state index contributed by atoms with van der Waals surface area (Å²) in [7, 11) is 2.61. The molecule has 0 fully saturated rings. The number of carbonyl (C=O) groups is 6. The van der Waals surface area contributed by atoms with E-state index in [0.717, 1.165) is 9.80 Å². The number of carbonyl (C=O) groups excluding carboxylic acids is 6. The van der Waals surface area contributed by atoms with Crippen LogP contribution in [0.1, 0.15) is 41.4 Å². The van der Waals surface area contributed by atoms with Crippen LogP contribution in [-0.2, 0) is 9.59 Å². The lowest BCUT2D eigenvalue weighted by molar-refractivity contribution is -0.131. The number of halogens is 6. The Bertz CT molecular complexity index is 1930. The molecule has 6 atom stereocenters. The van der Waals surface area contributed by atoms with Crippen LogP contribution in [0.5, 0.6) is 0 Å². The Labute approximate surface area is 446 Å². The van der Waals surface area contributed by atoms with Crippen LogP contribution in [0.4, 0.5) is 11.4 Å². The number of aliphatic hydroxyl groups excluding tert-OH is 11. The number of nitrogens with zero attached hydrogens (tertiary/aromatic N) is 2. The van der Waals surface area contributed by atoms with E-state index < -0.39 is 118 Å². The molecular formula is C35H44I6N6O17. The molecule has 0 aromatic heterocycles. The third-order valence-electron chi connectivity index (χ3n) is 8.73. The van der Waals surface area contributed by atoms with E-state index in [2.05, 4.69) is 21.3 Å². The molecule has 0 saturated carbocycles. The quantitative estimate of drug-likeness (QED) is 0.0522. The molecule has 0 spiro atoms. The number of hydrogen-bond donors (Lipinski definition) is 15. The zero-order chi connectivity index (χ0) is 49.1. The molecular weight excluding hydrogens is 1540 g/mol. The van der Waals surface area contributed by atoms with Crippen molar-refractivity contribution in [2.24, 2.45) is 0 Å². The van der Waals surface area contributed by atoms with Crippen LogP contribution in [0.2, 0.25) is 0 Å². The van der Waals surface area contributed by atoms with E-state index in [-0.39, 0.29) is 68.1 Å². The van der Waals surface area contributed by atoms with E-state index in [1.807, 2.05) is 0 Å². The molecule has 0 aliphatic rings. The summed E-state index contributed by atoms with van der Waals surface area (Å²) in [4.78, 5) is 83.0. The second kappa shape index (κ2) is 27.4. The molecule has 64 heavy (non-hydrogen) atoms. The summed E-state index contributed by atoms with van der Waals surface area (Å²) in [5, 5.41) is 118. The van der Waals surface area contributed by atoms with Crippen molar-refractivity contribution in [3.05, 3.63) is 43.7 Å². The number of amides is 6. The number of aliphatic hydroxyl groups is 11. The first kappa shape index (κ1) is 59.3. The van der Waals surface area contributed by atoms with Crippen molar-refractivity contribution in [1.29, 1.82) is 0 Å². The minimum absolute atomic E-state index is 0.0336. The Kier molecular flexibility index (Phi) is 25.4. The summed E-state index contributed by atoms with van der Waals surface area (Å²) in [5.41, 5.74) is -1.01. The first-order chi connectivity index (χ1) is 29.8. The van der Waals surface area contributed by atoms with Gasteiger partial charge in [0.25, 0.3) is 35.4 Å². The smallest absolute Gasteiger partial charge is 0.256 e. The van der Waals surface area contributed by atoms with E-state index in [1.54, 1.807) is 136 Å². The maximum atomic E-state index is 13.9. The SMILES string of the molecule is CN(CC(O)CO)C(=O)c1c(I)c(NC(=O)C(O)C(O)CO)c(I)c(C(=O)NCC(O)CNC(=O)c2c(I)c(NC(=O)C(O)C(O)CO)c(I)c(C(=O)N(C)CC(O)CO)c2I)c1I. The molecule has 0 heterocycles. The number of likely N-dealkylation sites (N-methyl/N-ethyl adjacent to an activating group) is 2. The van der Waals surface area contributed by atoms with Gasteiger partial charge in [-0.15, -0.1) is 0 Å². The minimum Gasteiger partial charge on any atom is -0.394 e. The Balaban J connectivity index is 2.54. The molecule has 6 amide bonds. The highest BCUT2D eigenvalue weighted by atomic mass is 127. The highest BCUT2D eigenvalue weighted by Crippen LogP contribution is 2.38. The number of benzene rings is 2. The monoisotopic (exact) mass is 1580 g/mol. The second-order valence-corrected chi connectivity index (χ2v) is 20.1. The van der Waals surface area contributed by atoms with Crippen LogP contribution in [0.25, 0.3) is 0 Å². The van der Waals surface area contributed by atoms with E-state index in [4.69, 9.17) is 0 Å². The number of nitrogens with one attached hydrogen (secondary N) is 4. The fourth-order valence-electron chi connectivity index (χ4n) is 5.23. The normalized spacial score (nSPS) is 14.6. The van der Waals surface area contributed by atoms with Crippen LogP contribution >= 0.6 is 136 Å². The zero-order valence-electron chi connectivity index (χ0n) is 33.2. The predicted molar refractivity (Wildman–Crippen MR) is 275 cm³/mol. The highest BCUT2D eigenvalue weighted by Gasteiger charge is 2.35. The molecule has 2 rings (SSSR count). The van der Waals surface area contributed by atoms with Crippen molar-refractivity contribution in [2.45, 2.75) is 42.7 Å². The number of anilines is 2. The minimum atomic E-state index is -2.13. The molecule has 0 aliphatic carbocycles. The van der Waals surface area contributed by atoms with Gasteiger partial charge in [-0.2, -0.15) is 0 Å². The van der Waals surface area contributed by atoms with Gasteiger partial charge in [0.05, 0.1) is 92.6 Å². The Morgan fingerprint density at radius 2 is 0.766 bits per heavy atom. The van der Waals surface area contributed by atoms with Gasteiger partial charge in [-0.3, -0.25) is 28.8 Å². The maximum absolute atomic E-state index is 13.9. The zero-order valence-corrected chi connectivity index (χ0v) is 46.2. The third kappa shape index (κ3) is 15.1. The molecule has 2 aromatic carbocycles. The lowest BCUT2D eigenvalue weighted by atomic mass is 10.1. The Morgan fingerprint density at radius 1 is 0.469 bits per heavy atom. The lowest BCUT2D eigenvalue weighted by Crippen LogP contribution is -2.42. The average Bonchev–Trinajstić information content (AvgIpc) is 3.25. The fraction of sp³-hybridized carbons (Fsp3) is 0.486. The van der Waals surface area contributed by atoms with Crippen molar-refractivity contribution in [3.63, 3.8) is 0 Å². The van der Waals surface area contributed by atoms with Gasteiger partial charge < -0.3 is 87.2 Å². The molecule has 15 N–H and O–H groups in total. The van der Waals surface area contributed by atoms with Crippen LogP contribution < -0.4 is 21.3 Å². The van der Waals surface area contributed by atoms with Gasteiger partial charge in [-0.1, -0.05) is 0 Å². The Morgan fingerprint density at radius 3 is 1.05 bits per heavy atom. The molecule has 2 aromatic rings. The van der Waals surface area contributed by atoms with Crippen molar-refractivity contribution >= 4 is 182 Å². The largest absolute Gasteiger partial charge is 0.394 e. The summed E-state index contributed by atoms with van der Waals surface area (Å²) < 4.78 is 0.295. The first-order valence-electron chi connectivity index (χ1n) is 18.1. The molecule has 0 saturated heterocycles. The lowest BCUT2D eigenvalue weighted by Gasteiger charge is -2.25. The van der Waals surface area contributed by atoms with Crippen LogP contribution in [-0.4, -0.2) is 211 Å². The summed E-state index contributed by atoms with van der Waals surface area (Å²) in [6.07, 6.45) is -12.2.